The minimum atomic E-state index is -0.780. The SMILES string of the molecule is N#CC(C(=O)c1ccc(Br)o1)c1cccs1. The van der Waals surface area contributed by atoms with Gasteiger partial charge < -0.3 is 4.42 Å². The number of halogens is 1. The molecule has 5 heteroatoms. The van der Waals surface area contributed by atoms with E-state index in [1.165, 1.54) is 11.3 Å². The number of rotatable bonds is 3. The molecule has 0 bridgehead atoms. The fraction of sp³-hybridized carbons (Fsp3) is 0.0909. The molecule has 3 nitrogen and oxygen atoms in total. The minimum absolute atomic E-state index is 0.201. The van der Waals surface area contributed by atoms with Crippen LogP contribution in [0.5, 0.6) is 0 Å². The summed E-state index contributed by atoms with van der Waals surface area (Å²) >= 11 is 4.51. The summed E-state index contributed by atoms with van der Waals surface area (Å²) in [6, 6.07) is 8.78. The van der Waals surface area contributed by atoms with Crippen molar-refractivity contribution in [2.24, 2.45) is 0 Å². The summed E-state index contributed by atoms with van der Waals surface area (Å²) in [5, 5.41) is 10.9. The van der Waals surface area contributed by atoms with E-state index in [0.29, 0.717) is 4.67 Å². The van der Waals surface area contributed by atoms with Crippen molar-refractivity contribution in [1.29, 1.82) is 5.26 Å². The van der Waals surface area contributed by atoms with Crippen LogP contribution < -0.4 is 0 Å². The van der Waals surface area contributed by atoms with Crippen LogP contribution in [0.1, 0.15) is 21.3 Å². The summed E-state index contributed by atoms with van der Waals surface area (Å²) < 4.78 is 5.63. The van der Waals surface area contributed by atoms with Gasteiger partial charge in [0.2, 0.25) is 5.78 Å². The summed E-state index contributed by atoms with van der Waals surface area (Å²) in [7, 11) is 0. The Morgan fingerprint density at radius 2 is 2.31 bits per heavy atom. The molecule has 1 unspecified atom stereocenters. The summed E-state index contributed by atoms with van der Waals surface area (Å²) in [5.74, 6) is -0.888. The average Bonchev–Trinajstić information content (AvgIpc) is 2.90. The maximum absolute atomic E-state index is 12.0. The van der Waals surface area contributed by atoms with Gasteiger partial charge in [-0.2, -0.15) is 5.26 Å². The van der Waals surface area contributed by atoms with Crippen LogP contribution in [0.15, 0.2) is 38.7 Å². The highest BCUT2D eigenvalue weighted by Gasteiger charge is 2.25. The monoisotopic (exact) mass is 295 g/mol. The number of ketones is 1. The topological polar surface area (TPSA) is 54.0 Å². The van der Waals surface area contributed by atoms with E-state index >= 15 is 0 Å². The van der Waals surface area contributed by atoms with Crippen LogP contribution in [0.3, 0.4) is 0 Å². The summed E-state index contributed by atoms with van der Waals surface area (Å²) in [4.78, 5) is 12.7. The molecule has 2 rings (SSSR count). The van der Waals surface area contributed by atoms with E-state index < -0.39 is 5.92 Å². The van der Waals surface area contributed by atoms with Gasteiger partial charge >= 0.3 is 0 Å². The number of hydrogen-bond donors (Lipinski definition) is 0. The number of nitriles is 1. The summed E-state index contributed by atoms with van der Waals surface area (Å²) in [6.07, 6.45) is 0. The number of hydrogen-bond acceptors (Lipinski definition) is 4. The normalized spacial score (nSPS) is 12.0. The third-order valence-electron chi connectivity index (χ3n) is 2.04. The van der Waals surface area contributed by atoms with Gasteiger partial charge in [-0.25, -0.2) is 0 Å². The van der Waals surface area contributed by atoms with E-state index in [1.54, 1.807) is 18.2 Å². The molecule has 2 aromatic rings. The molecule has 0 saturated heterocycles. The lowest BCUT2D eigenvalue weighted by molar-refractivity contribution is 0.0952. The lowest BCUT2D eigenvalue weighted by atomic mass is 10.0. The van der Waals surface area contributed by atoms with Crippen molar-refractivity contribution in [2.75, 3.05) is 0 Å². The smallest absolute Gasteiger partial charge is 0.220 e. The Kier molecular flexibility index (Phi) is 3.22. The minimum Gasteiger partial charge on any atom is -0.446 e. The zero-order valence-electron chi connectivity index (χ0n) is 8.01. The van der Waals surface area contributed by atoms with Gasteiger partial charge in [0.05, 0.1) is 6.07 Å². The number of carbonyl (C=O) groups excluding carboxylic acids is 1. The molecule has 0 saturated carbocycles. The molecule has 16 heavy (non-hydrogen) atoms. The van der Waals surface area contributed by atoms with Gasteiger partial charge in [0.15, 0.2) is 10.4 Å². The zero-order chi connectivity index (χ0) is 11.5. The number of carbonyl (C=O) groups is 1. The maximum atomic E-state index is 12.0. The van der Waals surface area contributed by atoms with Crippen molar-refractivity contribution in [3.05, 3.63) is 45.0 Å². The fourth-order valence-electron chi connectivity index (χ4n) is 1.30. The molecule has 2 heterocycles. The van der Waals surface area contributed by atoms with Gasteiger partial charge in [0.25, 0.3) is 0 Å². The summed E-state index contributed by atoms with van der Waals surface area (Å²) in [5.41, 5.74) is 0. The maximum Gasteiger partial charge on any atom is 0.220 e. The second-order valence-corrected chi connectivity index (χ2v) is 4.81. The molecule has 2 aromatic heterocycles. The van der Waals surface area contributed by atoms with Gasteiger partial charge in [0, 0.05) is 4.88 Å². The van der Waals surface area contributed by atoms with Crippen LogP contribution in [-0.2, 0) is 0 Å². The Balaban J connectivity index is 2.31. The van der Waals surface area contributed by atoms with Crippen molar-refractivity contribution < 1.29 is 9.21 Å². The van der Waals surface area contributed by atoms with Gasteiger partial charge in [-0.05, 0) is 39.5 Å². The zero-order valence-corrected chi connectivity index (χ0v) is 10.4. The molecule has 0 aliphatic rings. The molecule has 0 amide bonds. The highest BCUT2D eigenvalue weighted by molar-refractivity contribution is 9.10. The first kappa shape index (κ1) is 11.1. The molecule has 80 valence electrons. The van der Waals surface area contributed by atoms with Crippen LogP contribution in [0.4, 0.5) is 0 Å². The Bertz CT molecular complexity index is 539. The molecule has 0 fully saturated rings. The van der Waals surface area contributed by atoms with Gasteiger partial charge in [-0.1, -0.05) is 6.07 Å². The highest BCUT2D eigenvalue weighted by Crippen LogP contribution is 2.26. The lowest BCUT2D eigenvalue weighted by Gasteiger charge is -2.02. The van der Waals surface area contributed by atoms with Gasteiger partial charge in [-0.3, -0.25) is 4.79 Å². The molecule has 0 aliphatic carbocycles. The van der Waals surface area contributed by atoms with E-state index in [4.69, 9.17) is 9.68 Å². The molecule has 0 aromatic carbocycles. The summed E-state index contributed by atoms with van der Waals surface area (Å²) in [6.45, 7) is 0. The molecule has 0 radical (unpaired) electrons. The number of thiophene rings is 1. The first-order valence-corrected chi connectivity index (χ1v) is 6.12. The predicted octanol–water partition coefficient (Wildman–Crippen LogP) is 3.59. The van der Waals surface area contributed by atoms with Crippen molar-refractivity contribution in [1.82, 2.24) is 0 Å². The lowest BCUT2D eigenvalue weighted by Crippen LogP contribution is -2.08. The third kappa shape index (κ3) is 2.08. The van der Waals surface area contributed by atoms with Crippen molar-refractivity contribution in [3.8, 4) is 6.07 Å². The van der Waals surface area contributed by atoms with Crippen molar-refractivity contribution >= 4 is 33.0 Å². The standard InChI is InChI=1S/C11H6BrNO2S/c12-10-4-3-8(15-10)11(14)7(6-13)9-2-1-5-16-9/h1-5,7H. The van der Waals surface area contributed by atoms with E-state index in [1.807, 2.05) is 17.5 Å². The predicted molar refractivity (Wildman–Crippen MR) is 63.4 cm³/mol. The van der Waals surface area contributed by atoms with E-state index in [0.717, 1.165) is 4.88 Å². The van der Waals surface area contributed by atoms with Gasteiger partial charge in [0.1, 0.15) is 5.92 Å². The van der Waals surface area contributed by atoms with Crippen molar-refractivity contribution in [2.45, 2.75) is 5.92 Å². The van der Waals surface area contributed by atoms with E-state index in [2.05, 4.69) is 15.9 Å². The Morgan fingerprint density at radius 1 is 1.50 bits per heavy atom. The van der Waals surface area contributed by atoms with Crippen LogP contribution in [0.25, 0.3) is 0 Å². The fourth-order valence-corrected chi connectivity index (χ4v) is 2.37. The second kappa shape index (κ2) is 4.64. The quantitative estimate of drug-likeness (QED) is 0.813. The van der Waals surface area contributed by atoms with Crippen LogP contribution >= 0.6 is 27.3 Å². The molecule has 0 spiro atoms. The second-order valence-electron chi connectivity index (χ2n) is 3.05. The largest absolute Gasteiger partial charge is 0.446 e. The molecule has 0 N–H and O–H groups in total. The average molecular weight is 296 g/mol. The Morgan fingerprint density at radius 3 is 2.81 bits per heavy atom. The first-order chi connectivity index (χ1) is 7.72. The molecule has 0 aliphatic heterocycles. The van der Waals surface area contributed by atoms with Crippen LogP contribution in [0.2, 0.25) is 0 Å². The number of Topliss-reactive ketones (excluding diaryl/α,β-unsaturated/α-hetero) is 1. The third-order valence-corrected chi connectivity index (χ3v) is 3.40. The highest BCUT2D eigenvalue weighted by atomic mass is 79.9. The van der Waals surface area contributed by atoms with Crippen LogP contribution in [0, 0.1) is 11.3 Å². The van der Waals surface area contributed by atoms with Crippen molar-refractivity contribution in [3.63, 3.8) is 0 Å². The first-order valence-electron chi connectivity index (χ1n) is 4.45. The molecular weight excluding hydrogens is 290 g/mol. The molecular formula is C11H6BrNO2S. The van der Waals surface area contributed by atoms with E-state index in [-0.39, 0.29) is 11.5 Å². The Labute approximate surface area is 104 Å². The van der Waals surface area contributed by atoms with E-state index in [9.17, 15) is 4.79 Å². The van der Waals surface area contributed by atoms with Crippen LogP contribution in [-0.4, -0.2) is 5.78 Å². The number of furan rings is 1. The number of nitrogens with zero attached hydrogens (tertiary/aromatic N) is 1. The molecule has 1 atom stereocenters. The van der Waals surface area contributed by atoms with Gasteiger partial charge in [-0.15, -0.1) is 11.3 Å². The Hall–Kier alpha value is -1.38.